The second-order valence-electron chi connectivity index (χ2n) is 5.68. The van der Waals surface area contributed by atoms with Crippen LogP contribution in [0.15, 0.2) is 22.7 Å². The first-order valence-electron chi connectivity index (χ1n) is 6.27. The van der Waals surface area contributed by atoms with Gasteiger partial charge in [0.2, 0.25) is 0 Å². The third kappa shape index (κ3) is 4.25. The Kier molecular flexibility index (Phi) is 4.28. The molecule has 0 unspecified atom stereocenters. The maximum atomic E-state index is 13.5. The van der Waals surface area contributed by atoms with Crippen molar-refractivity contribution in [3.05, 3.63) is 28.5 Å². The highest BCUT2D eigenvalue weighted by atomic mass is 79.9. The van der Waals surface area contributed by atoms with Crippen molar-refractivity contribution in [3.63, 3.8) is 0 Å². The fraction of sp³-hybridized carbons (Fsp3) is 0.571. The average Bonchev–Trinajstić information content (AvgIpc) is 3.12. The Hall–Kier alpha value is -0.610. The van der Waals surface area contributed by atoms with Crippen LogP contribution in [0.4, 0.5) is 4.39 Å². The molecule has 4 heteroatoms. The summed E-state index contributed by atoms with van der Waals surface area (Å²) in [6, 6.07) is 5.43. The molecule has 2 nitrogen and oxygen atoms in total. The van der Waals surface area contributed by atoms with Crippen molar-refractivity contribution < 1.29 is 9.13 Å². The summed E-state index contributed by atoms with van der Waals surface area (Å²) >= 11 is 3.32. The lowest BCUT2D eigenvalue weighted by Crippen LogP contribution is -2.35. The predicted molar refractivity (Wildman–Crippen MR) is 74.4 cm³/mol. The summed E-state index contributed by atoms with van der Waals surface area (Å²) in [5.74, 6) is -0.00646. The predicted octanol–water partition coefficient (Wildman–Crippen LogP) is 3.75. The third-order valence-electron chi connectivity index (χ3n) is 2.96. The van der Waals surface area contributed by atoms with Crippen LogP contribution in [0.5, 0.6) is 5.75 Å². The number of halogens is 2. The zero-order valence-corrected chi connectivity index (χ0v) is 12.4. The molecule has 1 fully saturated rings. The van der Waals surface area contributed by atoms with Crippen molar-refractivity contribution in [2.75, 3.05) is 13.2 Å². The third-order valence-corrected chi connectivity index (χ3v) is 3.45. The van der Waals surface area contributed by atoms with Gasteiger partial charge in [-0.15, -0.1) is 0 Å². The van der Waals surface area contributed by atoms with E-state index in [-0.39, 0.29) is 11.2 Å². The van der Waals surface area contributed by atoms with Gasteiger partial charge >= 0.3 is 0 Å². The largest absolute Gasteiger partial charge is 0.490 e. The highest BCUT2D eigenvalue weighted by molar-refractivity contribution is 9.10. The number of nitrogens with one attached hydrogen (secondary N) is 1. The molecule has 0 radical (unpaired) electrons. The molecule has 1 saturated carbocycles. The maximum absolute atomic E-state index is 13.5. The van der Waals surface area contributed by atoms with Gasteiger partial charge in [0.15, 0.2) is 11.6 Å². The molecule has 1 N–H and O–H groups in total. The second-order valence-corrected chi connectivity index (χ2v) is 6.60. The molecule has 100 valence electrons. The summed E-state index contributed by atoms with van der Waals surface area (Å²) < 4.78 is 19.9. The Morgan fingerprint density at radius 2 is 2.17 bits per heavy atom. The molecule has 0 heterocycles. The summed E-state index contributed by atoms with van der Waals surface area (Å²) in [4.78, 5) is 0. The number of benzene rings is 1. The van der Waals surface area contributed by atoms with Crippen LogP contribution in [-0.4, -0.2) is 19.2 Å². The SMILES string of the molecule is CC(C)(CNC1CC1)COc1cc(Br)ccc1F. The first kappa shape index (κ1) is 13.8. The fourth-order valence-electron chi connectivity index (χ4n) is 1.62. The minimum absolute atomic E-state index is 0.00263. The van der Waals surface area contributed by atoms with Gasteiger partial charge in [-0.25, -0.2) is 4.39 Å². The number of rotatable bonds is 6. The summed E-state index contributed by atoms with van der Waals surface area (Å²) in [7, 11) is 0. The van der Waals surface area contributed by atoms with E-state index < -0.39 is 0 Å². The summed E-state index contributed by atoms with van der Waals surface area (Å²) in [6.07, 6.45) is 2.55. The van der Waals surface area contributed by atoms with Crippen LogP contribution in [0.1, 0.15) is 26.7 Å². The van der Waals surface area contributed by atoms with E-state index in [1.54, 1.807) is 12.1 Å². The van der Waals surface area contributed by atoms with E-state index in [9.17, 15) is 4.39 Å². The van der Waals surface area contributed by atoms with E-state index in [0.29, 0.717) is 18.4 Å². The molecule has 1 aromatic rings. The van der Waals surface area contributed by atoms with E-state index >= 15 is 0 Å². The van der Waals surface area contributed by atoms with Gasteiger partial charge in [0.05, 0.1) is 6.61 Å². The number of hydrogen-bond acceptors (Lipinski definition) is 2. The fourth-order valence-corrected chi connectivity index (χ4v) is 1.96. The van der Waals surface area contributed by atoms with Gasteiger partial charge < -0.3 is 10.1 Å². The van der Waals surface area contributed by atoms with Crippen molar-refractivity contribution in [1.82, 2.24) is 5.32 Å². The van der Waals surface area contributed by atoms with Gasteiger partial charge in [0.25, 0.3) is 0 Å². The monoisotopic (exact) mass is 315 g/mol. The van der Waals surface area contributed by atoms with Crippen LogP contribution in [0.25, 0.3) is 0 Å². The zero-order chi connectivity index (χ0) is 13.2. The van der Waals surface area contributed by atoms with Crippen LogP contribution in [0.3, 0.4) is 0 Å². The highest BCUT2D eigenvalue weighted by Crippen LogP contribution is 2.26. The van der Waals surface area contributed by atoms with E-state index in [4.69, 9.17) is 4.74 Å². The lowest BCUT2D eigenvalue weighted by Gasteiger charge is -2.25. The standard InChI is InChI=1S/C14H19BrFNO/c1-14(2,8-17-11-4-5-11)9-18-13-7-10(15)3-6-12(13)16/h3,6-7,11,17H,4-5,8-9H2,1-2H3. The lowest BCUT2D eigenvalue weighted by atomic mass is 9.95. The Balaban J connectivity index is 1.86. The van der Waals surface area contributed by atoms with Gasteiger partial charge in [0, 0.05) is 22.5 Å². The van der Waals surface area contributed by atoms with Crippen molar-refractivity contribution in [2.45, 2.75) is 32.7 Å². The minimum Gasteiger partial charge on any atom is -0.490 e. The zero-order valence-electron chi connectivity index (χ0n) is 10.8. The molecule has 0 spiro atoms. The maximum Gasteiger partial charge on any atom is 0.165 e. The van der Waals surface area contributed by atoms with Crippen LogP contribution in [-0.2, 0) is 0 Å². The van der Waals surface area contributed by atoms with Crippen LogP contribution in [0, 0.1) is 11.2 Å². The quantitative estimate of drug-likeness (QED) is 0.863. The van der Waals surface area contributed by atoms with Crippen molar-refractivity contribution >= 4 is 15.9 Å². The molecule has 1 aliphatic carbocycles. The Morgan fingerprint density at radius 1 is 1.44 bits per heavy atom. The summed E-state index contributed by atoms with van der Waals surface area (Å²) in [5.41, 5.74) is -0.00263. The molecule has 1 aromatic carbocycles. The summed E-state index contributed by atoms with van der Waals surface area (Å²) in [6.45, 7) is 5.64. The summed E-state index contributed by atoms with van der Waals surface area (Å²) in [5, 5.41) is 3.48. The smallest absolute Gasteiger partial charge is 0.165 e. The highest BCUT2D eigenvalue weighted by Gasteiger charge is 2.26. The first-order valence-corrected chi connectivity index (χ1v) is 7.07. The minimum atomic E-state index is -0.316. The molecule has 0 saturated heterocycles. The van der Waals surface area contributed by atoms with Crippen LogP contribution >= 0.6 is 15.9 Å². The molecule has 18 heavy (non-hydrogen) atoms. The molecule has 0 aliphatic heterocycles. The molecular weight excluding hydrogens is 297 g/mol. The molecule has 1 aliphatic rings. The van der Waals surface area contributed by atoms with Crippen LogP contribution in [0.2, 0.25) is 0 Å². The van der Waals surface area contributed by atoms with E-state index in [1.807, 2.05) is 0 Å². The molecule has 0 aromatic heterocycles. The van der Waals surface area contributed by atoms with Crippen molar-refractivity contribution in [3.8, 4) is 5.75 Å². The average molecular weight is 316 g/mol. The van der Waals surface area contributed by atoms with Gasteiger partial charge in [-0.1, -0.05) is 29.8 Å². The number of ether oxygens (including phenoxy) is 1. The second kappa shape index (κ2) is 5.57. The van der Waals surface area contributed by atoms with E-state index in [1.165, 1.54) is 18.9 Å². The Morgan fingerprint density at radius 3 is 2.83 bits per heavy atom. The van der Waals surface area contributed by atoms with E-state index in [0.717, 1.165) is 11.0 Å². The van der Waals surface area contributed by atoms with Crippen molar-refractivity contribution in [2.24, 2.45) is 5.41 Å². The van der Waals surface area contributed by atoms with Gasteiger partial charge in [-0.3, -0.25) is 0 Å². The van der Waals surface area contributed by atoms with Gasteiger partial charge in [-0.05, 0) is 31.0 Å². The molecule has 0 atom stereocenters. The Labute approximate surface area is 116 Å². The first-order chi connectivity index (χ1) is 8.46. The molecule has 0 bridgehead atoms. The van der Waals surface area contributed by atoms with Crippen molar-refractivity contribution in [1.29, 1.82) is 0 Å². The van der Waals surface area contributed by atoms with Gasteiger partial charge in [-0.2, -0.15) is 0 Å². The topological polar surface area (TPSA) is 21.3 Å². The van der Waals surface area contributed by atoms with Gasteiger partial charge in [0.1, 0.15) is 0 Å². The number of hydrogen-bond donors (Lipinski definition) is 1. The van der Waals surface area contributed by atoms with E-state index in [2.05, 4.69) is 35.1 Å². The normalized spacial score (nSPS) is 15.8. The molecule has 0 amide bonds. The molecule has 2 rings (SSSR count). The molecular formula is C14H19BrFNO. The van der Waals surface area contributed by atoms with Crippen LogP contribution < -0.4 is 10.1 Å². The Bertz CT molecular complexity index is 418. The lowest BCUT2D eigenvalue weighted by molar-refractivity contribution is 0.170.